The van der Waals surface area contributed by atoms with Gasteiger partial charge in [0, 0.05) is 29.6 Å². The van der Waals surface area contributed by atoms with Gasteiger partial charge in [0.2, 0.25) is 5.91 Å². The Morgan fingerprint density at radius 3 is 2.38 bits per heavy atom. The van der Waals surface area contributed by atoms with Crippen LogP contribution in [-0.4, -0.2) is 81.3 Å². The Bertz CT molecular complexity index is 1280. The maximum atomic E-state index is 13.9. The first kappa shape index (κ1) is 26.0. The molecule has 0 bridgehead atoms. The number of hydrogen-bond donors (Lipinski definition) is 3. The monoisotopic (exact) mass is 531 g/mol. The first-order chi connectivity index (χ1) is 17.4. The summed E-state index contributed by atoms with van der Waals surface area (Å²) >= 11 is 6.79. The lowest BCUT2D eigenvalue weighted by Crippen LogP contribution is -2.74. The molecule has 6 atom stereocenters. The average molecular weight is 532 g/mol. The van der Waals surface area contributed by atoms with E-state index in [4.69, 9.17) is 17.3 Å². The van der Waals surface area contributed by atoms with E-state index in [1.54, 1.807) is 14.1 Å². The van der Waals surface area contributed by atoms with Crippen molar-refractivity contribution >= 4 is 40.6 Å². The summed E-state index contributed by atoms with van der Waals surface area (Å²) in [4.78, 5) is 69.8. The Labute approximate surface area is 218 Å². The van der Waals surface area contributed by atoms with E-state index in [2.05, 4.69) is 4.90 Å². The first-order valence-corrected chi connectivity index (χ1v) is 12.9. The van der Waals surface area contributed by atoms with Gasteiger partial charge in [0.15, 0.2) is 34.7 Å². The Balaban J connectivity index is 1.63. The maximum absolute atomic E-state index is 13.9. The van der Waals surface area contributed by atoms with E-state index >= 15 is 0 Å². The van der Waals surface area contributed by atoms with E-state index in [1.807, 2.05) is 6.92 Å². The Hall–Kier alpha value is -2.66. The molecular formula is C26H30ClN3O7. The highest BCUT2D eigenvalue weighted by Gasteiger charge is 2.69. The number of aliphatic hydroxyl groups is 1. The minimum absolute atomic E-state index is 0.0000303. The van der Waals surface area contributed by atoms with E-state index in [-0.39, 0.29) is 24.2 Å². The Morgan fingerprint density at radius 1 is 1.14 bits per heavy atom. The fourth-order valence-electron chi connectivity index (χ4n) is 7.11. The topological polar surface area (TPSA) is 158 Å². The molecular weight excluding hydrogens is 502 g/mol. The number of carbonyl (C=O) groups excluding carboxylic acids is 5. The highest BCUT2D eigenvalue weighted by atomic mass is 35.5. The molecule has 1 aliphatic heterocycles. The second-order valence-corrected chi connectivity index (χ2v) is 11.4. The quantitative estimate of drug-likeness (QED) is 0.463. The zero-order valence-electron chi connectivity index (χ0n) is 20.9. The third-order valence-electron chi connectivity index (χ3n) is 8.68. The lowest BCUT2D eigenvalue weighted by atomic mass is 9.52. The number of phenols is 1. The van der Waals surface area contributed by atoms with Crippen LogP contribution in [0.4, 0.5) is 0 Å². The van der Waals surface area contributed by atoms with Crippen molar-refractivity contribution in [1.82, 2.24) is 9.80 Å². The van der Waals surface area contributed by atoms with Gasteiger partial charge in [0.05, 0.1) is 17.5 Å². The summed E-state index contributed by atoms with van der Waals surface area (Å²) in [6.45, 7) is 3.77. The number of carbonyl (C=O) groups is 5. The minimum Gasteiger partial charge on any atom is -0.507 e. The Morgan fingerprint density at radius 2 is 1.78 bits per heavy atom. The van der Waals surface area contributed by atoms with Crippen LogP contribution in [0, 0.1) is 23.7 Å². The van der Waals surface area contributed by atoms with Crippen LogP contribution in [0.15, 0.2) is 0 Å². The number of aromatic hydroxyl groups is 1. The van der Waals surface area contributed by atoms with Crippen molar-refractivity contribution in [3.8, 4) is 5.75 Å². The average Bonchev–Trinajstić information content (AvgIpc) is 3.24. The van der Waals surface area contributed by atoms with Crippen LogP contribution < -0.4 is 5.73 Å². The third-order valence-corrected chi connectivity index (χ3v) is 9.13. The number of benzene rings is 1. The molecule has 11 heteroatoms. The fraction of sp³-hybridized carbons (Fsp3) is 0.577. The van der Waals surface area contributed by atoms with Crippen LogP contribution in [0.3, 0.4) is 0 Å². The molecule has 0 aromatic heterocycles. The number of phenolic OH excluding ortho intramolecular Hbond substituents is 1. The van der Waals surface area contributed by atoms with Crippen LogP contribution in [0.5, 0.6) is 5.75 Å². The van der Waals surface area contributed by atoms with Crippen molar-refractivity contribution in [2.75, 3.05) is 20.6 Å². The predicted octanol–water partition coefficient (Wildman–Crippen LogP) is 0.246. The van der Waals surface area contributed by atoms with E-state index in [0.29, 0.717) is 29.2 Å². The number of primary amides is 1. The van der Waals surface area contributed by atoms with Crippen LogP contribution in [0.1, 0.15) is 46.8 Å². The van der Waals surface area contributed by atoms with Crippen LogP contribution >= 0.6 is 11.6 Å². The molecule has 2 unspecified atom stereocenters. The summed E-state index contributed by atoms with van der Waals surface area (Å²) in [5, 5.41) is 23.2. The molecule has 4 aliphatic rings. The molecule has 1 amide bonds. The zero-order chi connectivity index (χ0) is 27.1. The molecule has 2 saturated carbocycles. The highest BCUT2D eigenvalue weighted by molar-refractivity contribution is 6.35. The van der Waals surface area contributed by atoms with Crippen molar-refractivity contribution in [1.29, 1.82) is 0 Å². The summed E-state index contributed by atoms with van der Waals surface area (Å²) in [7, 11) is 3.10. The van der Waals surface area contributed by atoms with Gasteiger partial charge in [-0.25, -0.2) is 0 Å². The largest absolute Gasteiger partial charge is 0.507 e. The van der Waals surface area contributed by atoms with Crippen molar-refractivity contribution in [3.63, 3.8) is 0 Å². The summed E-state index contributed by atoms with van der Waals surface area (Å²) in [5.74, 6) is -10.5. The summed E-state index contributed by atoms with van der Waals surface area (Å²) in [5.41, 5.74) is 4.32. The van der Waals surface area contributed by atoms with Crippen molar-refractivity contribution in [3.05, 3.63) is 27.3 Å². The number of nitrogens with zero attached hydrogens (tertiary/aromatic N) is 2. The van der Waals surface area contributed by atoms with Gasteiger partial charge in [-0.15, -0.1) is 0 Å². The normalized spacial score (nSPS) is 33.3. The zero-order valence-corrected chi connectivity index (χ0v) is 21.7. The molecule has 0 radical (unpaired) electrons. The lowest BCUT2D eigenvalue weighted by molar-refractivity contribution is -0.181. The second-order valence-electron chi connectivity index (χ2n) is 11.0. The molecule has 5 rings (SSSR count). The molecule has 10 nitrogen and oxygen atoms in total. The van der Waals surface area contributed by atoms with Gasteiger partial charge in [0.1, 0.15) is 5.75 Å². The molecule has 0 spiro atoms. The van der Waals surface area contributed by atoms with E-state index in [1.165, 1.54) is 4.90 Å². The molecule has 0 saturated heterocycles. The van der Waals surface area contributed by atoms with Gasteiger partial charge >= 0.3 is 0 Å². The summed E-state index contributed by atoms with van der Waals surface area (Å²) in [6.07, 6.45) is 1.06. The van der Waals surface area contributed by atoms with E-state index < -0.39 is 64.4 Å². The number of ketones is 4. The summed E-state index contributed by atoms with van der Waals surface area (Å²) in [6, 6.07) is -1.13. The van der Waals surface area contributed by atoms with Crippen LogP contribution in [-0.2, 0) is 38.7 Å². The second kappa shape index (κ2) is 8.69. The van der Waals surface area contributed by atoms with E-state index in [0.717, 1.165) is 18.5 Å². The number of amides is 1. The fourth-order valence-corrected chi connectivity index (χ4v) is 7.46. The van der Waals surface area contributed by atoms with Crippen molar-refractivity contribution in [2.24, 2.45) is 29.4 Å². The molecule has 1 heterocycles. The van der Waals surface area contributed by atoms with Gasteiger partial charge in [-0.3, -0.25) is 33.8 Å². The summed E-state index contributed by atoms with van der Waals surface area (Å²) < 4.78 is 0. The molecule has 1 aromatic rings. The van der Waals surface area contributed by atoms with Gasteiger partial charge in [-0.05, 0) is 56.9 Å². The molecule has 3 aliphatic carbocycles. The first-order valence-electron chi connectivity index (χ1n) is 12.5. The van der Waals surface area contributed by atoms with Crippen LogP contribution in [0.25, 0.3) is 0 Å². The number of nitrogens with two attached hydrogens (primary N) is 1. The number of Topliss-reactive ketones (excluding diaryl/α,β-unsaturated/α-hetero) is 4. The predicted molar refractivity (Wildman–Crippen MR) is 131 cm³/mol. The third kappa shape index (κ3) is 3.39. The number of likely N-dealkylation sites (N-methyl/N-ethyl adjacent to an activating group) is 1. The SMILES string of the molecule is CCCN1Cc2c(O)c3c(c(Cl)c2C1)C[C@H]1C[C@H]2[C@H](N(C)C)C(=O)C(C(N)=O)C(=O)[C@@]2(O)C(=O)C1C3=O. The van der Waals surface area contributed by atoms with Gasteiger partial charge in [0.25, 0.3) is 0 Å². The number of halogens is 1. The molecule has 4 N–H and O–H groups in total. The smallest absolute Gasteiger partial charge is 0.235 e. The van der Waals surface area contributed by atoms with Gasteiger partial charge in [-0.1, -0.05) is 18.5 Å². The number of hydrogen-bond acceptors (Lipinski definition) is 9. The number of rotatable bonds is 4. The standard InChI is InChI=1S/C26H30ClN3O7/c1-4-5-30-8-12-13(9-30)20(31)16-11(18(12)27)6-10-7-14-19(29(2)3)22(33)17(25(28)36)24(35)26(14,37)23(34)15(10)21(16)32/h10,14-15,17,19,31,37H,4-9H2,1-3H3,(H2,28,36)/t10-,14-,15?,17?,19-,26-/m0/s1. The van der Waals surface area contributed by atoms with Gasteiger partial charge in [-0.2, -0.15) is 0 Å². The maximum Gasteiger partial charge on any atom is 0.235 e. The molecule has 2 fully saturated rings. The minimum atomic E-state index is -2.73. The Kier molecular flexibility index (Phi) is 6.10. The van der Waals surface area contributed by atoms with Gasteiger partial charge < -0.3 is 15.9 Å². The number of fused-ring (bicyclic) bond motifs is 4. The molecule has 37 heavy (non-hydrogen) atoms. The van der Waals surface area contributed by atoms with Crippen molar-refractivity contribution in [2.45, 2.75) is 50.9 Å². The molecule has 1 aromatic carbocycles. The highest BCUT2D eigenvalue weighted by Crippen LogP contribution is 2.53. The molecule has 198 valence electrons. The van der Waals surface area contributed by atoms with Crippen molar-refractivity contribution < 1.29 is 34.2 Å². The van der Waals surface area contributed by atoms with Crippen LogP contribution in [0.2, 0.25) is 5.02 Å². The van der Waals surface area contributed by atoms with E-state index in [9.17, 15) is 34.2 Å². The lowest BCUT2D eigenvalue weighted by Gasteiger charge is -2.52.